The zero-order valence-electron chi connectivity index (χ0n) is 17.0. The Labute approximate surface area is 178 Å². The van der Waals surface area contributed by atoms with E-state index in [2.05, 4.69) is 20.8 Å². The zero-order chi connectivity index (χ0) is 21.2. The van der Waals surface area contributed by atoms with Gasteiger partial charge in [-0.15, -0.1) is 10.2 Å². The van der Waals surface area contributed by atoms with Gasteiger partial charge < -0.3 is 20.1 Å². The fourth-order valence-electron chi connectivity index (χ4n) is 2.42. The van der Waals surface area contributed by atoms with Crippen LogP contribution in [0, 0.1) is 5.92 Å². The first kappa shape index (κ1) is 23.0. The number of benzene rings is 1. The third-order valence-corrected chi connectivity index (χ3v) is 5.73. The van der Waals surface area contributed by atoms with Gasteiger partial charge in [0.15, 0.2) is 15.8 Å². The highest BCUT2D eigenvalue weighted by atomic mass is 32.2. The zero-order valence-corrected chi connectivity index (χ0v) is 18.6. The van der Waals surface area contributed by atoms with Crippen LogP contribution in [0.2, 0.25) is 0 Å². The van der Waals surface area contributed by atoms with Gasteiger partial charge in [-0.3, -0.25) is 9.59 Å². The van der Waals surface area contributed by atoms with Crippen LogP contribution >= 0.6 is 23.1 Å². The number of aromatic nitrogens is 2. The van der Waals surface area contributed by atoms with Gasteiger partial charge in [-0.2, -0.15) is 0 Å². The van der Waals surface area contributed by atoms with Crippen molar-refractivity contribution in [1.82, 2.24) is 15.5 Å². The van der Waals surface area contributed by atoms with E-state index < -0.39 is 0 Å². The second kappa shape index (κ2) is 11.6. The van der Waals surface area contributed by atoms with E-state index in [0.29, 0.717) is 40.4 Å². The Kier molecular flexibility index (Phi) is 9.20. The number of anilines is 1. The highest BCUT2D eigenvalue weighted by Gasteiger charge is 2.11. The lowest BCUT2D eigenvalue weighted by Gasteiger charge is -2.10. The van der Waals surface area contributed by atoms with Crippen molar-refractivity contribution >= 4 is 40.0 Å². The van der Waals surface area contributed by atoms with Crippen LogP contribution in [0.25, 0.3) is 0 Å². The van der Waals surface area contributed by atoms with E-state index in [1.807, 2.05) is 32.0 Å². The molecule has 0 aliphatic carbocycles. The lowest BCUT2D eigenvalue weighted by atomic mass is 10.1. The maximum Gasteiger partial charge on any atom is 0.230 e. The molecule has 1 aromatic carbocycles. The minimum absolute atomic E-state index is 0.0828. The number of thioether (sulfide) groups is 1. The summed E-state index contributed by atoms with van der Waals surface area (Å²) in [6.45, 7) is 4.47. The van der Waals surface area contributed by atoms with E-state index in [4.69, 9.17) is 9.47 Å². The summed E-state index contributed by atoms with van der Waals surface area (Å²) in [6, 6.07) is 5.69. The van der Waals surface area contributed by atoms with E-state index in [-0.39, 0.29) is 23.5 Å². The molecule has 2 aromatic rings. The molecule has 0 unspecified atom stereocenters. The van der Waals surface area contributed by atoms with Crippen molar-refractivity contribution in [1.29, 1.82) is 0 Å². The summed E-state index contributed by atoms with van der Waals surface area (Å²) in [7, 11) is 3.19. The highest BCUT2D eigenvalue weighted by molar-refractivity contribution is 8.01. The molecule has 2 N–H and O–H groups in total. The second-order valence-electron chi connectivity index (χ2n) is 6.60. The predicted octanol–water partition coefficient (Wildman–Crippen LogP) is 2.99. The number of carbonyl (C=O) groups excluding carboxylic acids is 2. The number of hydrogen-bond donors (Lipinski definition) is 2. The summed E-state index contributed by atoms with van der Waals surface area (Å²) in [6.07, 6.45) is 1.12. The van der Waals surface area contributed by atoms with Crippen molar-refractivity contribution in [2.45, 2.75) is 31.0 Å². The Hall–Kier alpha value is -2.33. The van der Waals surface area contributed by atoms with Gasteiger partial charge in [0, 0.05) is 13.0 Å². The van der Waals surface area contributed by atoms with Crippen LogP contribution in [0.1, 0.15) is 25.8 Å². The standard InChI is InChI=1S/C19H26N4O4S2/c1-12(2)9-16(24)21-18-22-23-19(29-18)28-11-17(25)20-8-7-13-5-6-14(26-3)15(10-13)27-4/h5-6,10,12H,7-9,11H2,1-4H3,(H,20,25)(H,21,22,24). The van der Waals surface area contributed by atoms with Crippen LogP contribution < -0.4 is 20.1 Å². The van der Waals surface area contributed by atoms with Gasteiger partial charge in [-0.1, -0.05) is 43.0 Å². The molecule has 1 heterocycles. The maximum absolute atomic E-state index is 12.0. The minimum Gasteiger partial charge on any atom is -0.493 e. The second-order valence-corrected chi connectivity index (χ2v) is 8.80. The molecule has 0 fully saturated rings. The first-order chi connectivity index (χ1) is 13.9. The number of amides is 2. The van der Waals surface area contributed by atoms with Gasteiger partial charge in [0.1, 0.15) is 0 Å². The average molecular weight is 439 g/mol. The number of hydrogen-bond acceptors (Lipinski definition) is 8. The number of nitrogens with zero attached hydrogens (tertiary/aromatic N) is 2. The molecule has 0 atom stereocenters. The fourth-order valence-corrected chi connectivity index (χ4v) is 4.02. The molecule has 0 saturated heterocycles. The van der Waals surface area contributed by atoms with E-state index in [1.54, 1.807) is 14.2 Å². The molecule has 0 radical (unpaired) electrons. The normalized spacial score (nSPS) is 10.7. The molecule has 0 aliphatic rings. The molecule has 0 aliphatic heterocycles. The quantitative estimate of drug-likeness (QED) is 0.411. The molecule has 2 rings (SSSR count). The Balaban J connectivity index is 1.72. The van der Waals surface area contributed by atoms with E-state index >= 15 is 0 Å². The third-order valence-electron chi connectivity index (χ3n) is 3.76. The fraction of sp³-hybridized carbons (Fsp3) is 0.474. The van der Waals surface area contributed by atoms with E-state index in [0.717, 1.165) is 5.56 Å². The Morgan fingerprint density at radius 2 is 1.90 bits per heavy atom. The molecule has 29 heavy (non-hydrogen) atoms. The monoisotopic (exact) mass is 438 g/mol. The van der Waals surface area contributed by atoms with Crippen LogP contribution in [0.4, 0.5) is 5.13 Å². The lowest BCUT2D eigenvalue weighted by molar-refractivity contribution is -0.118. The summed E-state index contributed by atoms with van der Waals surface area (Å²) < 4.78 is 11.1. The number of ether oxygens (including phenoxy) is 2. The summed E-state index contributed by atoms with van der Waals surface area (Å²) >= 11 is 2.55. The number of methoxy groups -OCH3 is 2. The van der Waals surface area contributed by atoms with Crippen molar-refractivity contribution < 1.29 is 19.1 Å². The van der Waals surface area contributed by atoms with Gasteiger partial charge in [0.25, 0.3) is 0 Å². The van der Waals surface area contributed by atoms with Crippen molar-refractivity contribution in [2.75, 3.05) is 31.8 Å². The van der Waals surface area contributed by atoms with Gasteiger partial charge in [-0.05, 0) is 30.0 Å². The summed E-state index contributed by atoms with van der Waals surface area (Å²) in [5.41, 5.74) is 1.04. The molecule has 158 valence electrons. The van der Waals surface area contributed by atoms with Crippen LogP contribution in [0.3, 0.4) is 0 Å². The SMILES string of the molecule is COc1ccc(CCNC(=O)CSc2nnc(NC(=O)CC(C)C)s2)cc1OC. The molecule has 8 nitrogen and oxygen atoms in total. The predicted molar refractivity (Wildman–Crippen MR) is 115 cm³/mol. The molecule has 0 spiro atoms. The number of nitrogens with one attached hydrogen (secondary N) is 2. The third kappa shape index (κ3) is 7.90. The molecular formula is C19H26N4O4S2. The highest BCUT2D eigenvalue weighted by Crippen LogP contribution is 2.28. The molecule has 0 bridgehead atoms. The van der Waals surface area contributed by atoms with Gasteiger partial charge in [-0.25, -0.2) is 0 Å². The Morgan fingerprint density at radius 3 is 2.59 bits per heavy atom. The maximum atomic E-state index is 12.0. The van der Waals surface area contributed by atoms with Crippen LogP contribution in [0.15, 0.2) is 22.5 Å². The van der Waals surface area contributed by atoms with Crippen molar-refractivity contribution in [3.05, 3.63) is 23.8 Å². The van der Waals surface area contributed by atoms with Gasteiger partial charge in [0.2, 0.25) is 16.9 Å². The van der Waals surface area contributed by atoms with Crippen LogP contribution in [0.5, 0.6) is 11.5 Å². The van der Waals surface area contributed by atoms with Crippen molar-refractivity contribution in [3.8, 4) is 11.5 Å². The van der Waals surface area contributed by atoms with Gasteiger partial charge >= 0.3 is 0 Å². The smallest absolute Gasteiger partial charge is 0.230 e. The first-order valence-corrected chi connectivity index (χ1v) is 10.9. The van der Waals surface area contributed by atoms with Crippen LogP contribution in [-0.4, -0.2) is 48.5 Å². The topological polar surface area (TPSA) is 102 Å². The summed E-state index contributed by atoms with van der Waals surface area (Å²) in [5, 5.41) is 14.0. The molecule has 10 heteroatoms. The average Bonchev–Trinajstić information content (AvgIpc) is 3.12. The van der Waals surface area contributed by atoms with E-state index in [1.165, 1.54) is 23.1 Å². The minimum atomic E-state index is -0.0870. The van der Waals surface area contributed by atoms with Crippen molar-refractivity contribution in [3.63, 3.8) is 0 Å². The van der Waals surface area contributed by atoms with Crippen LogP contribution in [-0.2, 0) is 16.0 Å². The Bertz CT molecular complexity index is 826. The summed E-state index contributed by atoms with van der Waals surface area (Å²) in [5.74, 6) is 1.68. The van der Waals surface area contributed by atoms with Crippen molar-refractivity contribution in [2.24, 2.45) is 5.92 Å². The number of rotatable bonds is 11. The Morgan fingerprint density at radius 1 is 1.14 bits per heavy atom. The number of carbonyl (C=O) groups is 2. The first-order valence-electron chi connectivity index (χ1n) is 9.15. The molecule has 1 aromatic heterocycles. The summed E-state index contributed by atoms with van der Waals surface area (Å²) in [4.78, 5) is 23.8. The molecular weight excluding hydrogens is 412 g/mol. The van der Waals surface area contributed by atoms with Gasteiger partial charge in [0.05, 0.1) is 20.0 Å². The molecule has 2 amide bonds. The lowest BCUT2D eigenvalue weighted by Crippen LogP contribution is -2.27. The van der Waals surface area contributed by atoms with E-state index in [9.17, 15) is 9.59 Å². The largest absolute Gasteiger partial charge is 0.493 e. The molecule has 0 saturated carbocycles.